The van der Waals surface area contributed by atoms with Gasteiger partial charge in [-0.25, -0.2) is 4.98 Å². The number of para-hydroxylation sites is 1. The van der Waals surface area contributed by atoms with E-state index in [1.54, 1.807) is 13.4 Å². The fourth-order valence-electron chi connectivity index (χ4n) is 1.94. The van der Waals surface area contributed by atoms with Gasteiger partial charge in [-0.15, -0.1) is 0 Å². The van der Waals surface area contributed by atoms with Gasteiger partial charge >= 0.3 is 0 Å². The summed E-state index contributed by atoms with van der Waals surface area (Å²) < 4.78 is 10.1. The van der Waals surface area contributed by atoms with Crippen molar-refractivity contribution >= 4 is 5.91 Å². The summed E-state index contributed by atoms with van der Waals surface area (Å²) in [5.41, 5.74) is 1.89. The number of rotatable bonds is 7. The number of ether oxygens (including phenoxy) is 1. The quantitative estimate of drug-likeness (QED) is 0.838. The summed E-state index contributed by atoms with van der Waals surface area (Å²) in [5.74, 6) is 0.868. The molecule has 0 aliphatic heterocycles. The van der Waals surface area contributed by atoms with Crippen LogP contribution in [0.3, 0.4) is 0 Å². The molecule has 0 spiro atoms. The predicted molar refractivity (Wildman–Crippen MR) is 74.5 cm³/mol. The van der Waals surface area contributed by atoms with Crippen molar-refractivity contribution in [1.29, 1.82) is 0 Å². The fraction of sp³-hybridized carbons (Fsp3) is 0.333. The van der Waals surface area contributed by atoms with Crippen LogP contribution in [0.5, 0.6) is 5.75 Å². The predicted octanol–water partition coefficient (Wildman–Crippen LogP) is 1.97. The lowest BCUT2D eigenvalue weighted by atomic mass is 10.1. The maximum absolute atomic E-state index is 11.7. The largest absolute Gasteiger partial charge is 0.496 e. The number of nitrogens with one attached hydrogen (secondary N) is 1. The first-order valence-corrected chi connectivity index (χ1v) is 6.55. The molecule has 5 heteroatoms. The maximum Gasteiger partial charge on any atom is 0.220 e. The molecule has 2 rings (SSSR count). The van der Waals surface area contributed by atoms with Gasteiger partial charge in [-0.1, -0.05) is 18.2 Å². The average Bonchev–Trinajstić information content (AvgIpc) is 2.99. The highest BCUT2D eigenvalue weighted by molar-refractivity contribution is 5.76. The van der Waals surface area contributed by atoms with E-state index < -0.39 is 0 Å². The first-order valence-electron chi connectivity index (χ1n) is 6.55. The summed E-state index contributed by atoms with van der Waals surface area (Å²) in [6.07, 6.45) is 4.69. The number of methoxy groups -OCH3 is 1. The highest BCUT2D eigenvalue weighted by Crippen LogP contribution is 2.17. The van der Waals surface area contributed by atoms with Crippen LogP contribution in [-0.2, 0) is 17.6 Å². The van der Waals surface area contributed by atoms with Crippen LogP contribution in [0.15, 0.2) is 41.3 Å². The molecular weight excluding hydrogens is 256 g/mol. The van der Waals surface area contributed by atoms with E-state index in [1.807, 2.05) is 24.3 Å². The van der Waals surface area contributed by atoms with E-state index in [9.17, 15) is 4.79 Å². The Hall–Kier alpha value is -2.30. The number of oxazole rings is 1. The van der Waals surface area contributed by atoms with E-state index in [2.05, 4.69) is 10.3 Å². The van der Waals surface area contributed by atoms with Gasteiger partial charge in [-0.2, -0.15) is 0 Å². The lowest BCUT2D eigenvalue weighted by Gasteiger charge is -2.08. The Labute approximate surface area is 118 Å². The normalized spacial score (nSPS) is 10.2. The van der Waals surface area contributed by atoms with Crippen LogP contribution in [0.25, 0.3) is 0 Å². The zero-order valence-electron chi connectivity index (χ0n) is 11.5. The molecule has 5 nitrogen and oxygen atoms in total. The molecule has 0 saturated heterocycles. The van der Waals surface area contributed by atoms with Gasteiger partial charge in [0.05, 0.1) is 12.8 Å². The van der Waals surface area contributed by atoms with Gasteiger partial charge in [0, 0.05) is 19.4 Å². The van der Waals surface area contributed by atoms with Gasteiger partial charge < -0.3 is 14.5 Å². The number of aromatic nitrogens is 1. The van der Waals surface area contributed by atoms with E-state index in [0.717, 1.165) is 23.4 Å². The number of hydrogen-bond donors (Lipinski definition) is 1. The molecule has 0 saturated carbocycles. The van der Waals surface area contributed by atoms with Gasteiger partial charge in [0.25, 0.3) is 0 Å². The molecule has 0 aliphatic rings. The number of hydrogen-bond acceptors (Lipinski definition) is 4. The second-order valence-corrected chi connectivity index (χ2v) is 4.39. The topological polar surface area (TPSA) is 64.4 Å². The van der Waals surface area contributed by atoms with E-state index in [0.29, 0.717) is 19.4 Å². The van der Waals surface area contributed by atoms with Gasteiger partial charge in [0.1, 0.15) is 12.0 Å². The van der Waals surface area contributed by atoms with Crippen molar-refractivity contribution < 1.29 is 13.9 Å². The van der Waals surface area contributed by atoms with E-state index in [1.165, 1.54) is 6.39 Å². The third-order valence-corrected chi connectivity index (χ3v) is 3.00. The second kappa shape index (κ2) is 7.33. The summed E-state index contributed by atoms with van der Waals surface area (Å²) in [4.78, 5) is 15.7. The van der Waals surface area contributed by atoms with Crippen molar-refractivity contribution in [3.63, 3.8) is 0 Å². The zero-order valence-corrected chi connectivity index (χ0v) is 11.5. The van der Waals surface area contributed by atoms with Gasteiger partial charge in [0.2, 0.25) is 5.91 Å². The monoisotopic (exact) mass is 274 g/mol. The van der Waals surface area contributed by atoms with Crippen molar-refractivity contribution in [1.82, 2.24) is 10.3 Å². The third kappa shape index (κ3) is 4.12. The summed E-state index contributed by atoms with van der Waals surface area (Å²) in [6, 6.07) is 7.81. The van der Waals surface area contributed by atoms with Crippen molar-refractivity contribution in [2.75, 3.05) is 13.7 Å². The Kier molecular flexibility index (Phi) is 5.17. The molecule has 0 fully saturated rings. The van der Waals surface area contributed by atoms with Crippen molar-refractivity contribution in [3.8, 4) is 5.75 Å². The highest BCUT2D eigenvalue weighted by Gasteiger charge is 2.05. The minimum absolute atomic E-state index is 0.0166. The summed E-state index contributed by atoms with van der Waals surface area (Å²) in [5, 5.41) is 2.89. The Morgan fingerprint density at radius 2 is 2.20 bits per heavy atom. The van der Waals surface area contributed by atoms with Crippen LogP contribution in [0.4, 0.5) is 0 Å². The SMILES string of the molecule is COc1ccccc1CCNC(=O)CCc1cocn1. The molecule has 1 heterocycles. The van der Waals surface area contributed by atoms with Crippen LogP contribution >= 0.6 is 0 Å². The van der Waals surface area contributed by atoms with Crippen LogP contribution in [-0.4, -0.2) is 24.5 Å². The van der Waals surface area contributed by atoms with Crippen LogP contribution in [0, 0.1) is 0 Å². The molecule has 2 aromatic rings. The van der Waals surface area contributed by atoms with Crippen molar-refractivity contribution in [3.05, 3.63) is 48.2 Å². The maximum atomic E-state index is 11.7. The standard InChI is InChI=1S/C15H18N2O3/c1-19-14-5-3-2-4-12(14)8-9-16-15(18)7-6-13-10-20-11-17-13/h2-5,10-11H,6-9H2,1H3,(H,16,18). The molecule has 0 atom stereocenters. The molecule has 1 N–H and O–H groups in total. The highest BCUT2D eigenvalue weighted by atomic mass is 16.5. The van der Waals surface area contributed by atoms with Crippen LogP contribution < -0.4 is 10.1 Å². The number of nitrogens with zero attached hydrogens (tertiary/aromatic N) is 1. The van der Waals surface area contributed by atoms with Crippen molar-refractivity contribution in [2.24, 2.45) is 0 Å². The number of benzene rings is 1. The minimum atomic E-state index is 0.0166. The van der Waals surface area contributed by atoms with Gasteiger partial charge in [-0.3, -0.25) is 4.79 Å². The fourth-order valence-corrected chi connectivity index (χ4v) is 1.94. The number of amides is 1. The molecule has 1 aromatic carbocycles. The lowest BCUT2D eigenvalue weighted by molar-refractivity contribution is -0.121. The molecular formula is C15H18N2O3. The second-order valence-electron chi connectivity index (χ2n) is 4.39. The van der Waals surface area contributed by atoms with Crippen LogP contribution in [0.1, 0.15) is 17.7 Å². The molecule has 0 unspecified atom stereocenters. The summed E-state index contributed by atoms with van der Waals surface area (Å²) in [6.45, 7) is 0.595. The van der Waals surface area contributed by atoms with E-state index in [-0.39, 0.29) is 5.91 Å². The van der Waals surface area contributed by atoms with Gasteiger partial charge in [0.15, 0.2) is 6.39 Å². The summed E-state index contributed by atoms with van der Waals surface area (Å²) >= 11 is 0. The lowest BCUT2D eigenvalue weighted by Crippen LogP contribution is -2.26. The first kappa shape index (κ1) is 14.1. The number of aryl methyl sites for hydroxylation is 1. The van der Waals surface area contributed by atoms with Gasteiger partial charge in [-0.05, 0) is 18.1 Å². The Morgan fingerprint density at radius 1 is 1.35 bits per heavy atom. The minimum Gasteiger partial charge on any atom is -0.496 e. The van der Waals surface area contributed by atoms with E-state index in [4.69, 9.17) is 9.15 Å². The smallest absolute Gasteiger partial charge is 0.220 e. The molecule has 0 aliphatic carbocycles. The Balaban J connectivity index is 1.71. The Morgan fingerprint density at radius 3 is 2.95 bits per heavy atom. The molecule has 106 valence electrons. The van der Waals surface area contributed by atoms with E-state index >= 15 is 0 Å². The number of carbonyl (C=O) groups is 1. The summed E-state index contributed by atoms with van der Waals surface area (Å²) in [7, 11) is 1.65. The van der Waals surface area contributed by atoms with Crippen LogP contribution in [0.2, 0.25) is 0 Å². The molecule has 20 heavy (non-hydrogen) atoms. The molecule has 0 radical (unpaired) electrons. The molecule has 0 bridgehead atoms. The zero-order chi connectivity index (χ0) is 14.2. The average molecular weight is 274 g/mol. The third-order valence-electron chi connectivity index (χ3n) is 3.00. The number of carbonyl (C=O) groups excluding carboxylic acids is 1. The van der Waals surface area contributed by atoms with Crippen molar-refractivity contribution in [2.45, 2.75) is 19.3 Å². The molecule has 1 aromatic heterocycles. The Bertz CT molecular complexity index is 538. The first-order chi connectivity index (χ1) is 9.79. The molecule has 1 amide bonds.